The minimum atomic E-state index is -0.914. The first kappa shape index (κ1) is 18.2. The number of likely N-dealkylation sites (tertiary alicyclic amines) is 1. The SMILES string of the molecule is Cc1noc(C)c1C(=O)N1CCC2(CC1)C(=O)NC(=O)N2Cc1ccccc1. The average molecular weight is 382 g/mol. The predicted octanol–water partition coefficient (Wildman–Crippen LogP) is 2.02. The summed E-state index contributed by atoms with van der Waals surface area (Å²) < 4.78 is 5.10. The van der Waals surface area contributed by atoms with Gasteiger partial charge in [0.15, 0.2) is 0 Å². The third kappa shape index (κ3) is 2.85. The second-order valence-corrected chi connectivity index (χ2v) is 7.35. The summed E-state index contributed by atoms with van der Waals surface area (Å²) in [5, 5.41) is 6.30. The molecule has 4 amide bonds. The lowest BCUT2D eigenvalue weighted by molar-refractivity contribution is -0.129. The third-order valence-electron chi connectivity index (χ3n) is 5.71. The average Bonchev–Trinajstić information content (AvgIpc) is 3.14. The van der Waals surface area contributed by atoms with E-state index in [4.69, 9.17) is 4.52 Å². The number of amides is 4. The molecule has 2 aliphatic heterocycles. The van der Waals surface area contributed by atoms with E-state index in [1.54, 1.807) is 23.6 Å². The van der Waals surface area contributed by atoms with E-state index < -0.39 is 5.54 Å². The van der Waals surface area contributed by atoms with Crippen LogP contribution in [-0.4, -0.2) is 51.4 Å². The van der Waals surface area contributed by atoms with Crippen molar-refractivity contribution in [3.63, 3.8) is 0 Å². The molecule has 8 nitrogen and oxygen atoms in total. The van der Waals surface area contributed by atoms with E-state index in [0.29, 0.717) is 49.5 Å². The maximum absolute atomic E-state index is 12.9. The molecule has 146 valence electrons. The lowest BCUT2D eigenvalue weighted by Crippen LogP contribution is -2.57. The second-order valence-electron chi connectivity index (χ2n) is 7.35. The zero-order valence-electron chi connectivity index (χ0n) is 15.9. The topological polar surface area (TPSA) is 95.7 Å². The van der Waals surface area contributed by atoms with Gasteiger partial charge in [-0.2, -0.15) is 0 Å². The molecule has 1 N–H and O–H groups in total. The van der Waals surface area contributed by atoms with E-state index in [1.807, 2.05) is 30.3 Å². The fourth-order valence-corrected chi connectivity index (χ4v) is 4.11. The fraction of sp³-hybridized carbons (Fsp3) is 0.400. The second kappa shape index (κ2) is 6.78. The Balaban J connectivity index is 1.53. The number of carbonyl (C=O) groups excluding carboxylic acids is 3. The first-order valence-electron chi connectivity index (χ1n) is 9.31. The van der Waals surface area contributed by atoms with Gasteiger partial charge in [0.2, 0.25) is 0 Å². The van der Waals surface area contributed by atoms with Crippen LogP contribution in [0.3, 0.4) is 0 Å². The molecule has 0 saturated carbocycles. The van der Waals surface area contributed by atoms with E-state index >= 15 is 0 Å². The van der Waals surface area contributed by atoms with Crippen molar-refractivity contribution in [2.24, 2.45) is 0 Å². The van der Waals surface area contributed by atoms with Gasteiger partial charge in [-0.05, 0) is 32.3 Å². The van der Waals surface area contributed by atoms with Gasteiger partial charge in [-0.3, -0.25) is 14.9 Å². The number of carbonyl (C=O) groups is 3. The molecule has 2 aliphatic rings. The number of benzene rings is 1. The van der Waals surface area contributed by atoms with Gasteiger partial charge in [0.05, 0.1) is 5.69 Å². The number of aromatic nitrogens is 1. The van der Waals surface area contributed by atoms with Gasteiger partial charge in [0.25, 0.3) is 11.8 Å². The first-order chi connectivity index (χ1) is 13.4. The normalized spacial score (nSPS) is 18.6. The van der Waals surface area contributed by atoms with Crippen LogP contribution in [0.15, 0.2) is 34.9 Å². The lowest BCUT2D eigenvalue weighted by Gasteiger charge is -2.42. The van der Waals surface area contributed by atoms with Crippen LogP contribution in [0.4, 0.5) is 4.79 Å². The Labute approximate surface area is 162 Å². The Hall–Kier alpha value is -3.16. The van der Waals surface area contributed by atoms with Crippen LogP contribution in [0.2, 0.25) is 0 Å². The highest BCUT2D eigenvalue weighted by Gasteiger charge is 2.54. The molecule has 4 rings (SSSR count). The maximum Gasteiger partial charge on any atom is 0.325 e. The fourth-order valence-electron chi connectivity index (χ4n) is 4.11. The summed E-state index contributed by atoms with van der Waals surface area (Å²) in [6.45, 7) is 4.57. The number of urea groups is 1. The Bertz CT molecular complexity index is 909. The van der Waals surface area contributed by atoms with Crippen LogP contribution in [0.5, 0.6) is 0 Å². The van der Waals surface area contributed by atoms with E-state index in [9.17, 15) is 14.4 Å². The Morgan fingerprint density at radius 1 is 1.18 bits per heavy atom. The summed E-state index contributed by atoms with van der Waals surface area (Å²) in [6, 6.07) is 9.21. The number of nitrogens with one attached hydrogen (secondary N) is 1. The van der Waals surface area contributed by atoms with Crippen LogP contribution in [0.25, 0.3) is 0 Å². The summed E-state index contributed by atoms with van der Waals surface area (Å²) in [7, 11) is 0. The molecule has 1 aromatic carbocycles. The molecule has 1 spiro atoms. The zero-order valence-corrected chi connectivity index (χ0v) is 15.9. The maximum atomic E-state index is 12.9. The van der Waals surface area contributed by atoms with Crippen molar-refractivity contribution < 1.29 is 18.9 Å². The van der Waals surface area contributed by atoms with Gasteiger partial charge in [-0.1, -0.05) is 35.5 Å². The molecule has 0 aliphatic carbocycles. The van der Waals surface area contributed by atoms with Gasteiger partial charge in [-0.15, -0.1) is 0 Å². The van der Waals surface area contributed by atoms with Crippen LogP contribution in [-0.2, 0) is 11.3 Å². The molecule has 0 radical (unpaired) electrons. The minimum absolute atomic E-state index is 0.148. The summed E-state index contributed by atoms with van der Waals surface area (Å²) in [5.74, 6) is 0.0607. The van der Waals surface area contributed by atoms with Crippen LogP contribution >= 0.6 is 0 Å². The monoisotopic (exact) mass is 382 g/mol. The Morgan fingerprint density at radius 3 is 2.46 bits per heavy atom. The molecule has 1 aromatic heterocycles. The molecular formula is C20H22N4O4. The largest absolute Gasteiger partial charge is 0.361 e. The molecule has 0 atom stereocenters. The number of piperidine rings is 1. The van der Waals surface area contributed by atoms with Crippen molar-refractivity contribution in [2.45, 2.75) is 38.8 Å². The van der Waals surface area contributed by atoms with Crippen LogP contribution < -0.4 is 5.32 Å². The molecule has 0 unspecified atom stereocenters. The van der Waals surface area contributed by atoms with Crippen molar-refractivity contribution in [3.05, 3.63) is 52.9 Å². The van der Waals surface area contributed by atoms with Crippen LogP contribution in [0.1, 0.15) is 40.2 Å². The van der Waals surface area contributed by atoms with Crippen LogP contribution in [0, 0.1) is 13.8 Å². The molecule has 2 fully saturated rings. The number of rotatable bonds is 3. The molecule has 2 saturated heterocycles. The molecule has 3 heterocycles. The summed E-state index contributed by atoms with van der Waals surface area (Å²) in [6.07, 6.45) is 0.791. The van der Waals surface area contributed by atoms with Gasteiger partial charge in [0.1, 0.15) is 16.9 Å². The summed E-state index contributed by atoms with van der Waals surface area (Å²) in [5.41, 5.74) is 1.08. The van der Waals surface area contributed by atoms with Gasteiger partial charge < -0.3 is 14.3 Å². The highest BCUT2D eigenvalue weighted by molar-refractivity contribution is 6.07. The Kier molecular flexibility index (Phi) is 4.41. The first-order valence-corrected chi connectivity index (χ1v) is 9.31. The molecule has 2 aromatic rings. The number of nitrogens with zero attached hydrogens (tertiary/aromatic N) is 3. The van der Waals surface area contributed by atoms with Crippen molar-refractivity contribution >= 4 is 17.8 Å². The standard InChI is InChI=1S/C20H22N4O4/c1-13-16(14(2)28-22-13)17(25)23-10-8-20(9-11-23)18(26)21-19(27)24(20)12-15-6-4-3-5-7-15/h3-7H,8-12H2,1-2H3,(H,21,26,27). The van der Waals surface area contributed by atoms with Crippen molar-refractivity contribution in [3.8, 4) is 0 Å². The summed E-state index contributed by atoms with van der Waals surface area (Å²) in [4.78, 5) is 41.3. The van der Waals surface area contributed by atoms with E-state index in [0.717, 1.165) is 5.56 Å². The highest BCUT2D eigenvalue weighted by atomic mass is 16.5. The van der Waals surface area contributed by atoms with Gasteiger partial charge >= 0.3 is 6.03 Å². The number of hydrogen-bond donors (Lipinski definition) is 1. The minimum Gasteiger partial charge on any atom is -0.361 e. The predicted molar refractivity (Wildman–Crippen MR) is 99.4 cm³/mol. The van der Waals surface area contributed by atoms with Crippen molar-refractivity contribution in [1.82, 2.24) is 20.3 Å². The molecule has 28 heavy (non-hydrogen) atoms. The number of aryl methyl sites for hydroxylation is 2. The number of imide groups is 1. The lowest BCUT2D eigenvalue weighted by atomic mass is 9.85. The van der Waals surface area contributed by atoms with Gasteiger partial charge in [-0.25, -0.2) is 4.79 Å². The van der Waals surface area contributed by atoms with Crippen molar-refractivity contribution in [2.75, 3.05) is 13.1 Å². The molecule has 8 heteroatoms. The van der Waals surface area contributed by atoms with E-state index in [-0.39, 0.29) is 17.8 Å². The molecular weight excluding hydrogens is 360 g/mol. The smallest absolute Gasteiger partial charge is 0.325 e. The zero-order chi connectivity index (χ0) is 19.9. The number of hydrogen-bond acceptors (Lipinski definition) is 5. The van der Waals surface area contributed by atoms with E-state index in [1.165, 1.54) is 0 Å². The summed E-state index contributed by atoms with van der Waals surface area (Å²) >= 11 is 0. The Morgan fingerprint density at radius 2 is 1.86 bits per heavy atom. The van der Waals surface area contributed by atoms with Crippen molar-refractivity contribution in [1.29, 1.82) is 0 Å². The third-order valence-corrected chi connectivity index (χ3v) is 5.71. The molecule has 0 bridgehead atoms. The van der Waals surface area contributed by atoms with Gasteiger partial charge in [0, 0.05) is 19.6 Å². The quantitative estimate of drug-likeness (QED) is 0.820. The highest BCUT2D eigenvalue weighted by Crippen LogP contribution is 2.35. The van der Waals surface area contributed by atoms with E-state index in [2.05, 4.69) is 10.5 Å².